The van der Waals surface area contributed by atoms with Crippen LogP contribution in [0.4, 0.5) is 4.39 Å². The molecule has 0 radical (unpaired) electrons. The van der Waals surface area contributed by atoms with Gasteiger partial charge in [0.1, 0.15) is 5.82 Å². The summed E-state index contributed by atoms with van der Waals surface area (Å²) in [5.74, 6) is -0.200. The number of fused-ring (bicyclic) bond motifs is 1. The topological polar surface area (TPSA) is 14.2 Å². The number of hydrogen-bond acceptors (Lipinski definition) is 1. The lowest BCUT2D eigenvalue weighted by atomic mass is 10.2. The van der Waals surface area contributed by atoms with E-state index in [0.717, 1.165) is 17.4 Å². The van der Waals surface area contributed by atoms with Crippen molar-refractivity contribution in [3.05, 3.63) is 36.3 Å². The maximum atomic E-state index is 13.2. The Bertz CT molecular complexity index is 510. The van der Waals surface area contributed by atoms with Gasteiger partial charge in [0.15, 0.2) is 0 Å². The molecule has 2 aromatic rings. The normalized spacial score (nSPS) is 12.2. The van der Waals surface area contributed by atoms with Gasteiger partial charge in [0.25, 0.3) is 0 Å². The van der Waals surface area contributed by atoms with Gasteiger partial charge in [-0.2, -0.15) is 0 Å². The largest absolute Gasteiger partial charge is 0.374 e. The van der Waals surface area contributed by atoms with Crippen LogP contribution in [0.1, 0.15) is 20.8 Å². The second-order valence-electron chi connectivity index (χ2n) is 5.17. The van der Waals surface area contributed by atoms with E-state index in [1.165, 1.54) is 6.07 Å². The van der Waals surface area contributed by atoms with Gasteiger partial charge >= 0.3 is 0 Å². The highest BCUT2D eigenvalue weighted by Crippen LogP contribution is 2.17. The number of aromatic nitrogens is 1. The van der Waals surface area contributed by atoms with Crippen LogP contribution in [0.3, 0.4) is 0 Å². The van der Waals surface area contributed by atoms with Crippen LogP contribution in [0, 0.1) is 5.82 Å². The molecule has 0 atom stereocenters. The zero-order valence-electron chi connectivity index (χ0n) is 10.5. The molecule has 17 heavy (non-hydrogen) atoms. The maximum Gasteiger partial charge on any atom is 0.125 e. The van der Waals surface area contributed by atoms with Crippen molar-refractivity contribution in [3.8, 4) is 0 Å². The van der Waals surface area contributed by atoms with Gasteiger partial charge in [0, 0.05) is 12.7 Å². The van der Waals surface area contributed by atoms with Crippen molar-refractivity contribution in [3.63, 3.8) is 0 Å². The van der Waals surface area contributed by atoms with Crippen LogP contribution < -0.4 is 0 Å². The van der Waals surface area contributed by atoms with Crippen molar-refractivity contribution in [2.24, 2.45) is 0 Å². The standard InChI is InChI=1S/C14H18FNO/c1-14(2,3)17-9-8-16-7-6-11-4-5-12(15)10-13(11)16/h4-7,10H,8-9H2,1-3H3. The average molecular weight is 235 g/mol. The molecule has 2 rings (SSSR count). The van der Waals surface area contributed by atoms with E-state index in [9.17, 15) is 4.39 Å². The molecule has 0 bridgehead atoms. The third-order valence-electron chi connectivity index (χ3n) is 2.60. The molecule has 3 heteroatoms. The van der Waals surface area contributed by atoms with Crippen LogP contribution in [0.25, 0.3) is 10.9 Å². The zero-order chi connectivity index (χ0) is 12.5. The first-order chi connectivity index (χ1) is 7.96. The molecule has 0 aliphatic carbocycles. The van der Waals surface area contributed by atoms with E-state index in [-0.39, 0.29) is 11.4 Å². The second-order valence-corrected chi connectivity index (χ2v) is 5.17. The third kappa shape index (κ3) is 3.07. The van der Waals surface area contributed by atoms with Gasteiger partial charge in [-0.25, -0.2) is 4.39 Å². The minimum absolute atomic E-state index is 0.131. The Labute approximate surface area is 101 Å². The molecule has 0 N–H and O–H groups in total. The summed E-state index contributed by atoms with van der Waals surface area (Å²) < 4.78 is 20.8. The summed E-state index contributed by atoms with van der Waals surface area (Å²) >= 11 is 0. The van der Waals surface area contributed by atoms with E-state index in [4.69, 9.17) is 4.74 Å². The molecular weight excluding hydrogens is 217 g/mol. The highest BCUT2D eigenvalue weighted by Gasteiger charge is 2.10. The zero-order valence-corrected chi connectivity index (χ0v) is 10.5. The number of nitrogens with zero attached hydrogens (tertiary/aromatic N) is 1. The van der Waals surface area contributed by atoms with Crippen molar-refractivity contribution < 1.29 is 9.13 Å². The maximum absolute atomic E-state index is 13.2. The monoisotopic (exact) mass is 235 g/mol. The summed E-state index contributed by atoms with van der Waals surface area (Å²) in [6.45, 7) is 7.45. The quantitative estimate of drug-likeness (QED) is 0.793. The van der Waals surface area contributed by atoms with E-state index in [1.54, 1.807) is 12.1 Å². The molecule has 2 nitrogen and oxygen atoms in total. The summed E-state index contributed by atoms with van der Waals surface area (Å²) in [5.41, 5.74) is 0.788. The predicted octanol–water partition coefficient (Wildman–Crippen LogP) is 3.60. The Morgan fingerprint density at radius 3 is 2.71 bits per heavy atom. The van der Waals surface area contributed by atoms with Crippen LogP contribution in [0.2, 0.25) is 0 Å². The Hall–Kier alpha value is -1.35. The van der Waals surface area contributed by atoms with Crippen LogP contribution in [-0.2, 0) is 11.3 Å². The van der Waals surface area contributed by atoms with Gasteiger partial charge < -0.3 is 9.30 Å². The molecule has 0 saturated heterocycles. The molecule has 1 heterocycles. The van der Waals surface area contributed by atoms with Gasteiger partial charge in [0.2, 0.25) is 0 Å². The molecule has 0 saturated carbocycles. The lowest BCUT2D eigenvalue weighted by Gasteiger charge is -2.19. The molecule has 0 fully saturated rings. The molecule has 1 aromatic heterocycles. The molecule has 0 aliphatic rings. The van der Waals surface area contributed by atoms with Gasteiger partial charge in [-0.3, -0.25) is 0 Å². The van der Waals surface area contributed by atoms with E-state index in [1.807, 2.05) is 37.6 Å². The molecule has 0 spiro atoms. The summed E-state index contributed by atoms with van der Waals surface area (Å²) in [5, 5.41) is 1.06. The smallest absolute Gasteiger partial charge is 0.125 e. The van der Waals surface area contributed by atoms with E-state index < -0.39 is 0 Å². The van der Waals surface area contributed by atoms with Gasteiger partial charge in [-0.05, 0) is 50.4 Å². The molecule has 0 amide bonds. The Balaban J connectivity index is 2.11. The first kappa shape index (κ1) is 12.1. The molecule has 92 valence electrons. The highest BCUT2D eigenvalue weighted by molar-refractivity contribution is 5.80. The lowest BCUT2D eigenvalue weighted by Crippen LogP contribution is -2.21. The highest BCUT2D eigenvalue weighted by atomic mass is 19.1. The number of benzene rings is 1. The number of hydrogen-bond donors (Lipinski definition) is 0. The van der Waals surface area contributed by atoms with Crippen molar-refractivity contribution in [1.29, 1.82) is 0 Å². The summed E-state index contributed by atoms with van der Waals surface area (Å²) in [7, 11) is 0. The first-order valence-electron chi connectivity index (χ1n) is 5.84. The molecule has 0 unspecified atom stereocenters. The van der Waals surface area contributed by atoms with E-state index in [0.29, 0.717) is 6.61 Å². The number of halogens is 1. The minimum Gasteiger partial charge on any atom is -0.374 e. The van der Waals surface area contributed by atoms with E-state index >= 15 is 0 Å². The molecular formula is C14H18FNO. The van der Waals surface area contributed by atoms with Crippen LogP contribution in [-0.4, -0.2) is 16.8 Å². The van der Waals surface area contributed by atoms with Gasteiger partial charge in [-0.1, -0.05) is 0 Å². The van der Waals surface area contributed by atoms with Crippen molar-refractivity contribution in [2.45, 2.75) is 32.9 Å². The van der Waals surface area contributed by atoms with Crippen LogP contribution in [0.5, 0.6) is 0 Å². The minimum atomic E-state index is -0.200. The summed E-state index contributed by atoms with van der Waals surface area (Å²) in [6, 6.07) is 6.84. The Morgan fingerprint density at radius 2 is 2.00 bits per heavy atom. The van der Waals surface area contributed by atoms with Crippen molar-refractivity contribution in [1.82, 2.24) is 4.57 Å². The summed E-state index contributed by atoms with van der Waals surface area (Å²) in [4.78, 5) is 0. The third-order valence-corrected chi connectivity index (χ3v) is 2.60. The number of rotatable bonds is 3. The fraction of sp³-hybridized carbons (Fsp3) is 0.429. The van der Waals surface area contributed by atoms with E-state index in [2.05, 4.69) is 0 Å². The Morgan fingerprint density at radius 1 is 1.24 bits per heavy atom. The van der Waals surface area contributed by atoms with Crippen LogP contribution >= 0.6 is 0 Å². The van der Waals surface area contributed by atoms with Gasteiger partial charge in [0.05, 0.1) is 17.7 Å². The van der Waals surface area contributed by atoms with Gasteiger partial charge in [-0.15, -0.1) is 0 Å². The SMILES string of the molecule is CC(C)(C)OCCn1ccc2ccc(F)cc21. The second kappa shape index (κ2) is 4.49. The fourth-order valence-electron chi connectivity index (χ4n) is 1.80. The summed E-state index contributed by atoms with van der Waals surface area (Å²) in [6.07, 6.45) is 1.97. The van der Waals surface area contributed by atoms with Crippen molar-refractivity contribution in [2.75, 3.05) is 6.61 Å². The predicted molar refractivity (Wildman–Crippen MR) is 67.6 cm³/mol. The molecule has 0 aliphatic heterocycles. The Kier molecular flexibility index (Phi) is 3.20. The fourth-order valence-corrected chi connectivity index (χ4v) is 1.80. The lowest BCUT2D eigenvalue weighted by molar-refractivity contribution is -0.00644. The molecule has 1 aromatic carbocycles. The van der Waals surface area contributed by atoms with Crippen LogP contribution in [0.15, 0.2) is 30.5 Å². The van der Waals surface area contributed by atoms with Crippen molar-refractivity contribution >= 4 is 10.9 Å². The number of ether oxygens (including phenoxy) is 1. The first-order valence-corrected chi connectivity index (χ1v) is 5.84. The average Bonchev–Trinajstić information content (AvgIpc) is 2.59.